The zero-order chi connectivity index (χ0) is 9.26. The number of hydrogen-bond acceptors (Lipinski definition) is 3. The first-order chi connectivity index (χ1) is 6.27. The van der Waals surface area contributed by atoms with E-state index in [1.165, 1.54) is 18.7 Å². The maximum Gasteiger partial charge on any atom is 0.415 e. The topological polar surface area (TPSA) is 64.9 Å². The van der Waals surface area contributed by atoms with E-state index in [1.54, 1.807) is 12.3 Å². The van der Waals surface area contributed by atoms with Gasteiger partial charge in [0, 0.05) is 24.2 Å². The lowest BCUT2D eigenvalue weighted by Crippen LogP contribution is -2.25. The van der Waals surface area contributed by atoms with E-state index in [9.17, 15) is 4.79 Å². The molecule has 2 aliphatic rings. The van der Waals surface area contributed by atoms with E-state index in [1.807, 2.05) is 0 Å². The van der Waals surface area contributed by atoms with E-state index in [0.717, 1.165) is 16.2 Å². The average molecular weight is 177 g/mol. The van der Waals surface area contributed by atoms with Crippen LogP contribution >= 0.6 is 0 Å². The first-order valence-corrected chi connectivity index (χ1v) is 3.67. The van der Waals surface area contributed by atoms with Gasteiger partial charge in [0.1, 0.15) is 0 Å². The number of aliphatic imine (C=N–C) groups is 1. The zero-order valence-corrected chi connectivity index (χ0v) is 6.64. The van der Waals surface area contributed by atoms with Crippen LogP contribution in [-0.4, -0.2) is 22.4 Å². The van der Waals surface area contributed by atoms with Crippen LogP contribution in [0.3, 0.4) is 0 Å². The summed E-state index contributed by atoms with van der Waals surface area (Å²) in [7, 11) is 0. The summed E-state index contributed by atoms with van der Waals surface area (Å²) in [6, 6.07) is 0. The third-order valence-corrected chi connectivity index (χ3v) is 1.72. The van der Waals surface area contributed by atoms with E-state index < -0.39 is 6.09 Å². The van der Waals surface area contributed by atoms with Crippen LogP contribution in [-0.2, 0) is 0 Å². The molecule has 0 aromatic rings. The number of nitrogens with one attached hydrogen (secondary N) is 1. The maximum atomic E-state index is 10.6. The van der Waals surface area contributed by atoms with Crippen LogP contribution in [0.15, 0.2) is 40.9 Å². The fraction of sp³-hybridized carbons (Fsp3) is 0. The molecule has 2 aliphatic heterocycles. The van der Waals surface area contributed by atoms with Gasteiger partial charge in [-0.2, -0.15) is 0 Å². The molecule has 2 N–H and O–H groups in total. The van der Waals surface area contributed by atoms with Crippen LogP contribution in [0.2, 0.25) is 0 Å². The molecule has 0 atom stereocenters. The Bertz CT molecular complexity index is 366. The van der Waals surface area contributed by atoms with E-state index in [4.69, 9.17) is 5.11 Å². The number of carbonyl (C=O) groups is 1. The second kappa shape index (κ2) is 2.78. The number of amides is 1. The molecule has 0 aromatic carbocycles. The minimum absolute atomic E-state index is 0.736. The lowest BCUT2D eigenvalue weighted by Gasteiger charge is -2.19. The summed E-state index contributed by atoms with van der Waals surface area (Å²) in [5.41, 5.74) is 1.61. The standard InChI is InChI=1S/C8H7N3O2/c12-8(13)11-2-1-6-3-9-5-10-7(6)4-11/h1-5H,(H,9,10)(H,12,13). The monoisotopic (exact) mass is 177 g/mol. The lowest BCUT2D eigenvalue weighted by molar-refractivity contribution is 0.175. The molecule has 66 valence electrons. The van der Waals surface area contributed by atoms with Crippen molar-refractivity contribution >= 4 is 12.4 Å². The highest BCUT2D eigenvalue weighted by Crippen LogP contribution is 2.17. The fourth-order valence-corrected chi connectivity index (χ4v) is 1.08. The number of allylic oxidation sites excluding steroid dienone is 1. The fourth-order valence-electron chi connectivity index (χ4n) is 1.08. The van der Waals surface area contributed by atoms with Gasteiger partial charge in [0.2, 0.25) is 0 Å². The molecule has 1 amide bonds. The summed E-state index contributed by atoms with van der Waals surface area (Å²) >= 11 is 0. The average Bonchev–Trinajstić information content (AvgIpc) is 2.17. The number of rotatable bonds is 0. The van der Waals surface area contributed by atoms with E-state index in [-0.39, 0.29) is 0 Å². The Morgan fingerprint density at radius 1 is 1.62 bits per heavy atom. The molecule has 0 unspecified atom stereocenters. The van der Waals surface area contributed by atoms with Crippen molar-refractivity contribution in [1.82, 2.24) is 10.2 Å². The molecule has 0 radical (unpaired) electrons. The third kappa shape index (κ3) is 1.31. The molecular weight excluding hydrogens is 170 g/mol. The molecule has 0 saturated heterocycles. The van der Waals surface area contributed by atoms with Gasteiger partial charge in [-0.05, 0) is 6.08 Å². The molecule has 0 fully saturated rings. The number of fused-ring (bicyclic) bond motifs is 1. The Morgan fingerprint density at radius 2 is 2.46 bits per heavy atom. The lowest BCUT2D eigenvalue weighted by atomic mass is 10.1. The van der Waals surface area contributed by atoms with E-state index >= 15 is 0 Å². The van der Waals surface area contributed by atoms with Gasteiger partial charge in [-0.25, -0.2) is 9.79 Å². The molecule has 5 heteroatoms. The number of nitrogens with zero attached hydrogens (tertiary/aromatic N) is 2. The highest BCUT2D eigenvalue weighted by molar-refractivity contribution is 5.72. The highest BCUT2D eigenvalue weighted by atomic mass is 16.4. The summed E-state index contributed by atoms with van der Waals surface area (Å²) < 4.78 is 0. The molecule has 0 spiro atoms. The molecule has 13 heavy (non-hydrogen) atoms. The Labute approximate surface area is 74.4 Å². The summed E-state index contributed by atoms with van der Waals surface area (Å²) in [6.45, 7) is 0. The second-order valence-corrected chi connectivity index (χ2v) is 2.56. The van der Waals surface area contributed by atoms with Gasteiger partial charge in [0.05, 0.1) is 12.0 Å². The summed E-state index contributed by atoms with van der Waals surface area (Å²) in [5.74, 6) is 0. The highest BCUT2D eigenvalue weighted by Gasteiger charge is 2.14. The van der Waals surface area contributed by atoms with Gasteiger partial charge in [-0.3, -0.25) is 4.90 Å². The van der Waals surface area contributed by atoms with Crippen molar-refractivity contribution in [1.29, 1.82) is 0 Å². The van der Waals surface area contributed by atoms with Gasteiger partial charge in [0.25, 0.3) is 0 Å². The SMILES string of the molecule is O=C(O)N1C=CC2=CN=CNC2=C1. The smallest absolute Gasteiger partial charge is 0.415 e. The third-order valence-electron chi connectivity index (χ3n) is 1.72. The van der Waals surface area contributed by atoms with Crippen molar-refractivity contribution in [3.8, 4) is 0 Å². The summed E-state index contributed by atoms with van der Waals surface area (Å²) in [4.78, 5) is 15.5. The molecule has 0 bridgehead atoms. The largest absolute Gasteiger partial charge is 0.464 e. The second-order valence-electron chi connectivity index (χ2n) is 2.56. The van der Waals surface area contributed by atoms with Gasteiger partial charge in [0.15, 0.2) is 0 Å². The molecule has 0 saturated carbocycles. The van der Waals surface area contributed by atoms with Gasteiger partial charge in [-0.15, -0.1) is 0 Å². The van der Waals surface area contributed by atoms with Crippen molar-refractivity contribution in [2.45, 2.75) is 0 Å². The van der Waals surface area contributed by atoms with E-state index in [0.29, 0.717) is 0 Å². The Hall–Kier alpha value is -2.04. The van der Waals surface area contributed by atoms with Crippen LogP contribution in [0, 0.1) is 0 Å². The summed E-state index contributed by atoms with van der Waals surface area (Å²) in [5, 5.41) is 11.5. The molecule has 5 nitrogen and oxygen atoms in total. The van der Waals surface area contributed by atoms with Crippen molar-refractivity contribution in [2.75, 3.05) is 0 Å². The molecular formula is C8H7N3O2. The molecule has 2 heterocycles. The van der Waals surface area contributed by atoms with Crippen molar-refractivity contribution in [2.24, 2.45) is 4.99 Å². The molecule has 0 aliphatic carbocycles. The van der Waals surface area contributed by atoms with Crippen LogP contribution in [0.25, 0.3) is 0 Å². The zero-order valence-electron chi connectivity index (χ0n) is 6.64. The molecule has 2 rings (SSSR count). The van der Waals surface area contributed by atoms with Crippen molar-refractivity contribution in [3.05, 3.63) is 35.9 Å². The Kier molecular flexibility index (Phi) is 1.63. The quantitative estimate of drug-likeness (QED) is 0.576. The minimum atomic E-state index is -1.01. The molecule has 0 aromatic heterocycles. The van der Waals surface area contributed by atoms with Crippen molar-refractivity contribution < 1.29 is 9.90 Å². The van der Waals surface area contributed by atoms with Gasteiger partial charge < -0.3 is 10.4 Å². The Balaban J connectivity index is 2.30. The Morgan fingerprint density at radius 3 is 3.23 bits per heavy atom. The first kappa shape index (κ1) is 7.60. The minimum Gasteiger partial charge on any atom is -0.464 e. The maximum absolute atomic E-state index is 10.6. The van der Waals surface area contributed by atoms with Crippen LogP contribution in [0.5, 0.6) is 0 Å². The number of hydrogen-bond donors (Lipinski definition) is 2. The first-order valence-electron chi connectivity index (χ1n) is 3.67. The number of carboxylic acid groups (broad SMARTS) is 1. The normalized spacial score (nSPS) is 18.6. The van der Waals surface area contributed by atoms with Crippen molar-refractivity contribution in [3.63, 3.8) is 0 Å². The predicted octanol–water partition coefficient (Wildman–Crippen LogP) is 0.851. The van der Waals surface area contributed by atoms with Crippen LogP contribution in [0.1, 0.15) is 0 Å². The van der Waals surface area contributed by atoms with Crippen LogP contribution < -0.4 is 5.32 Å². The van der Waals surface area contributed by atoms with Gasteiger partial charge >= 0.3 is 6.09 Å². The van der Waals surface area contributed by atoms with Crippen LogP contribution in [0.4, 0.5) is 4.79 Å². The van der Waals surface area contributed by atoms with Gasteiger partial charge in [-0.1, -0.05) is 0 Å². The van der Waals surface area contributed by atoms with E-state index in [2.05, 4.69) is 10.3 Å². The predicted molar refractivity (Wildman–Crippen MR) is 46.8 cm³/mol. The summed E-state index contributed by atoms with van der Waals surface area (Å²) in [6.07, 6.45) is 6.83.